The van der Waals surface area contributed by atoms with Crippen molar-refractivity contribution in [1.29, 1.82) is 0 Å². The lowest BCUT2D eigenvalue weighted by atomic mass is 10.1. The maximum absolute atomic E-state index is 12.9. The van der Waals surface area contributed by atoms with Crippen LogP contribution < -0.4 is 10.6 Å². The zero-order valence-electron chi connectivity index (χ0n) is 14.4. The van der Waals surface area contributed by atoms with Crippen LogP contribution in [0.25, 0.3) is 0 Å². The van der Waals surface area contributed by atoms with E-state index in [0.29, 0.717) is 17.7 Å². The second-order valence-corrected chi connectivity index (χ2v) is 6.38. The van der Waals surface area contributed by atoms with Crippen LogP contribution in [-0.4, -0.2) is 22.2 Å². The van der Waals surface area contributed by atoms with Gasteiger partial charge in [0.05, 0.1) is 11.1 Å². The van der Waals surface area contributed by atoms with Crippen LogP contribution in [-0.2, 0) is 23.6 Å². The van der Waals surface area contributed by atoms with Crippen molar-refractivity contribution in [3.8, 4) is 0 Å². The van der Waals surface area contributed by atoms with Gasteiger partial charge in [-0.3, -0.25) is 0 Å². The number of carbonyl (C=O) groups is 1. The highest BCUT2D eigenvalue weighted by atomic mass is 32.1. The van der Waals surface area contributed by atoms with Crippen molar-refractivity contribution in [2.45, 2.75) is 24.8 Å². The second-order valence-electron chi connectivity index (χ2n) is 5.97. The smallest absolute Gasteiger partial charge is 0.416 e. The molecule has 0 spiro atoms. The van der Waals surface area contributed by atoms with E-state index in [1.807, 2.05) is 0 Å². The number of halogens is 6. The van der Waals surface area contributed by atoms with E-state index in [1.165, 1.54) is 0 Å². The minimum Gasteiger partial charge on any atom is -0.480 e. The molecule has 0 aliphatic heterocycles. The van der Waals surface area contributed by atoms with Gasteiger partial charge in [0, 0.05) is 12.1 Å². The van der Waals surface area contributed by atoms with E-state index in [2.05, 4.69) is 10.6 Å². The zero-order chi connectivity index (χ0) is 21.8. The van der Waals surface area contributed by atoms with Crippen LogP contribution in [0.15, 0.2) is 48.5 Å². The normalized spacial score (nSPS) is 12.9. The summed E-state index contributed by atoms with van der Waals surface area (Å²) < 4.78 is 77.5. The van der Waals surface area contributed by atoms with E-state index in [9.17, 15) is 36.2 Å². The van der Waals surface area contributed by atoms with Crippen molar-refractivity contribution < 1.29 is 36.2 Å². The first kappa shape index (κ1) is 22.5. The predicted molar refractivity (Wildman–Crippen MR) is 97.4 cm³/mol. The van der Waals surface area contributed by atoms with Gasteiger partial charge in [-0.15, -0.1) is 0 Å². The molecule has 2 aromatic rings. The molecule has 11 heteroatoms. The number of hydrogen-bond acceptors (Lipinski definition) is 2. The number of anilines is 1. The largest absolute Gasteiger partial charge is 0.480 e. The Morgan fingerprint density at radius 3 is 1.93 bits per heavy atom. The molecule has 0 aliphatic rings. The Kier molecular flexibility index (Phi) is 6.73. The summed E-state index contributed by atoms with van der Waals surface area (Å²) in [7, 11) is 0. The van der Waals surface area contributed by atoms with Crippen LogP contribution in [0.5, 0.6) is 0 Å². The number of rotatable bonds is 5. The number of benzene rings is 2. The Hall–Kier alpha value is -2.82. The maximum Gasteiger partial charge on any atom is 0.416 e. The molecule has 0 unspecified atom stereocenters. The van der Waals surface area contributed by atoms with Crippen molar-refractivity contribution in [3.05, 3.63) is 65.2 Å². The highest BCUT2D eigenvalue weighted by molar-refractivity contribution is 7.80. The van der Waals surface area contributed by atoms with Gasteiger partial charge in [0.15, 0.2) is 5.11 Å². The van der Waals surface area contributed by atoms with Gasteiger partial charge in [-0.2, -0.15) is 26.3 Å². The van der Waals surface area contributed by atoms with Crippen LogP contribution in [0.4, 0.5) is 32.0 Å². The molecule has 0 saturated heterocycles. The fraction of sp³-hybridized carbons (Fsp3) is 0.222. The van der Waals surface area contributed by atoms with Gasteiger partial charge in [0.25, 0.3) is 0 Å². The molecular weight excluding hydrogens is 422 g/mol. The number of aliphatic carboxylic acids is 1. The predicted octanol–water partition coefficient (Wildman–Crippen LogP) is 4.71. The Labute approximate surface area is 166 Å². The van der Waals surface area contributed by atoms with Crippen molar-refractivity contribution in [3.63, 3.8) is 0 Å². The third-order valence-electron chi connectivity index (χ3n) is 3.73. The van der Waals surface area contributed by atoms with E-state index in [1.54, 1.807) is 30.3 Å². The molecule has 0 saturated carbocycles. The number of nitrogens with one attached hydrogen (secondary N) is 2. The standard InChI is InChI=1S/C18H14F6N2O2S/c19-17(20,21)11-7-12(18(22,23)24)9-13(8-11)25-16(29)26-14(15(27)28)6-10-4-2-1-3-5-10/h1-5,7-9,14H,6H2,(H,27,28)(H2,25,26,29)/t14-/m1/s1. The molecule has 0 radical (unpaired) electrons. The topological polar surface area (TPSA) is 61.4 Å². The molecule has 156 valence electrons. The molecule has 2 aromatic carbocycles. The Bertz CT molecular complexity index is 852. The molecule has 0 aliphatic carbocycles. The van der Waals surface area contributed by atoms with Crippen molar-refractivity contribution >= 4 is 29.0 Å². The van der Waals surface area contributed by atoms with Gasteiger partial charge in [-0.1, -0.05) is 30.3 Å². The number of carboxylic acids is 1. The van der Waals surface area contributed by atoms with Gasteiger partial charge >= 0.3 is 18.3 Å². The first-order chi connectivity index (χ1) is 13.4. The third kappa shape index (κ3) is 6.63. The maximum atomic E-state index is 12.9. The summed E-state index contributed by atoms with van der Waals surface area (Å²) in [5.41, 5.74) is -2.96. The lowest BCUT2D eigenvalue weighted by Crippen LogP contribution is -2.44. The Balaban J connectivity index is 2.21. The van der Waals surface area contributed by atoms with Crippen LogP contribution in [0.1, 0.15) is 16.7 Å². The molecule has 29 heavy (non-hydrogen) atoms. The summed E-state index contributed by atoms with van der Waals surface area (Å²) in [5.74, 6) is -1.29. The fourth-order valence-corrected chi connectivity index (χ4v) is 2.66. The molecule has 3 N–H and O–H groups in total. The monoisotopic (exact) mass is 436 g/mol. The summed E-state index contributed by atoms with van der Waals surface area (Å²) >= 11 is 4.87. The first-order valence-corrected chi connectivity index (χ1v) is 8.41. The van der Waals surface area contributed by atoms with E-state index in [4.69, 9.17) is 12.2 Å². The van der Waals surface area contributed by atoms with Crippen molar-refractivity contribution in [2.24, 2.45) is 0 Å². The molecule has 0 aromatic heterocycles. The minimum atomic E-state index is -5.01. The summed E-state index contributed by atoms with van der Waals surface area (Å²) in [6, 6.07) is 8.07. The van der Waals surface area contributed by atoms with Gasteiger partial charge in [-0.25, -0.2) is 4.79 Å². The number of hydrogen-bond donors (Lipinski definition) is 3. The van der Waals surface area contributed by atoms with Crippen LogP contribution in [0, 0.1) is 0 Å². The molecule has 1 atom stereocenters. The zero-order valence-corrected chi connectivity index (χ0v) is 15.3. The van der Waals surface area contributed by atoms with Crippen LogP contribution in [0.2, 0.25) is 0 Å². The molecule has 0 amide bonds. The minimum absolute atomic E-state index is 0.00557. The number of carboxylic acid groups (broad SMARTS) is 1. The number of alkyl halides is 6. The SMILES string of the molecule is O=C(O)[C@@H](Cc1ccccc1)NC(=S)Nc1cc(C(F)(F)F)cc(C(F)(F)F)c1. The fourth-order valence-electron chi connectivity index (χ4n) is 2.40. The average molecular weight is 436 g/mol. The second kappa shape index (κ2) is 8.68. The lowest BCUT2D eigenvalue weighted by molar-refractivity contribution is -0.143. The molecule has 0 bridgehead atoms. The molecule has 0 heterocycles. The summed E-state index contributed by atoms with van der Waals surface area (Å²) in [4.78, 5) is 11.4. The van der Waals surface area contributed by atoms with E-state index in [0.717, 1.165) is 0 Å². The molecule has 0 fully saturated rings. The van der Waals surface area contributed by atoms with Crippen LogP contribution in [0.3, 0.4) is 0 Å². The highest BCUT2D eigenvalue weighted by Gasteiger charge is 2.37. The van der Waals surface area contributed by atoms with E-state index < -0.39 is 46.3 Å². The van der Waals surface area contributed by atoms with Gasteiger partial charge in [0.2, 0.25) is 0 Å². The summed E-state index contributed by atoms with van der Waals surface area (Å²) in [5, 5.41) is 13.5. The lowest BCUT2D eigenvalue weighted by Gasteiger charge is -2.19. The molecule has 2 rings (SSSR count). The Morgan fingerprint density at radius 1 is 0.966 bits per heavy atom. The third-order valence-corrected chi connectivity index (χ3v) is 3.95. The van der Waals surface area contributed by atoms with E-state index >= 15 is 0 Å². The van der Waals surface area contributed by atoms with Gasteiger partial charge < -0.3 is 15.7 Å². The number of thiocarbonyl (C=S) groups is 1. The first-order valence-electron chi connectivity index (χ1n) is 8.00. The summed E-state index contributed by atoms with van der Waals surface area (Å²) in [6.45, 7) is 0. The highest BCUT2D eigenvalue weighted by Crippen LogP contribution is 2.37. The Morgan fingerprint density at radius 2 is 1.48 bits per heavy atom. The van der Waals surface area contributed by atoms with Crippen LogP contribution >= 0.6 is 12.2 Å². The van der Waals surface area contributed by atoms with Crippen molar-refractivity contribution in [1.82, 2.24) is 5.32 Å². The quantitative estimate of drug-likeness (QED) is 0.468. The van der Waals surface area contributed by atoms with E-state index in [-0.39, 0.29) is 12.5 Å². The summed E-state index contributed by atoms with van der Waals surface area (Å²) in [6.07, 6.45) is -10.0. The van der Waals surface area contributed by atoms with Crippen molar-refractivity contribution in [2.75, 3.05) is 5.32 Å². The van der Waals surface area contributed by atoms with Gasteiger partial charge in [-0.05, 0) is 36.0 Å². The van der Waals surface area contributed by atoms with Gasteiger partial charge in [0.1, 0.15) is 6.04 Å². The molecule has 4 nitrogen and oxygen atoms in total. The molecular formula is C18H14F6N2O2S. The average Bonchev–Trinajstić information content (AvgIpc) is 2.60.